The first-order valence-corrected chi connectivity index (χ1v) is 6.04. The van der Waals surface area contributed by atoms with E-state index >= 15 is 0 Å². The zero-order chi connectivity index (χ0) is 8.85. The fourth-order valence-electron chi connectivity index (χ4n) is 0.790. The van der Waals surface area contributed by atoms with Crippen molar-refractivity contribution in [2.75, 3.05) is 25.3 Å². The molecule has 0 fully saturated rings. The summed E-state index contributed by atoms with van der Waals surface area (Å²) in [7, 11) is 2.16. The van der Waals surface area contributed by atoms with Crippen LogP contribution in [0.2, 0.25) is 0 Å². The van der Waals surface area contributed by atoms with Crippen LogP contribution in [0.15, 0.2) is 0 Å². The van der Waals surface area contributed by atoms with E-state index in [-0.39, 0.29) is 11.8 Å². The molecule has 0 aliphatic heterocycles. The van der Waals surface area contributed by atoms with E-state index in [4.69, 9.17) is 0 Å². The normalized spacial score (nSPS) is 13.2. The number of nitrogens with one attached hydrogen (secondary N) is 1. The number of carbonyl (C=O) groups is 1. The van der Waals surface area contributed by atoms with Gasteiger partial charge in [-0.3, -0.25) is 4.79 Å². The lowest BCUT2D eigenvalue weighted by Gasteiger charge is -2.07. The second-order valence-corrected chi connectivity index (χ2v) is 5.37. The minimum atomic E-state index is 0.162. The number of hydrogen-bond donors (Lipinski definition) is 1. The van der Waals surface area contributed by atoms with E-state index in [2.05, 4.69) is 17.8 Å². The average molecular weight is 176 g/mol. The van der Waals surface area contributed by atoms with Gasteiger partial charge in [-0.05, 0) is 10.9 Å². The molecule has 0 bridgehead atoms. The summed E-state index contributed by atoms with van der Waals surface area (Å²) in [6, 6.07) is 0. The molecule has 0 aromatic rings. The van der Waals surface area contributed by atoms with Crippen molar-refractivity contribution in [1.82, 2.24) is 5.32 Å². The molecule has 3 heteroatoms. The molecule has 0 saturated heterocycles. The van der Waals surface area contributed by atoms with Crippen LogP contribution < -0.4 is 5.32 Å². The molecule has 0 unspecified atom stereocenters. The number of carbonyl (C=O) groups excluding carboxylic acids is 1. The van der Waals surface area contributed by atoms with E-state index in [9.17, 15) is 4.79 Å². The molecule has 0 saturated carbocycles. The first-order chi connectivity index (χ1) is 5.07. The number of rotatable bonds is 4. The molecule has 0 aliphatic carbocycles. The Labute approximate surface area is 72.1 Å². The summed E-state index contributed by atoms with van der Waals surface area (Å²) >= 11 is 0. The topological polar surface area (TPSA) is 29.1 Å². The van der Waals surface area contributed by atoms with Crippen LogP contribution in [-0.2, 0) is 15.7 Å². The van der Waals surface area contributed by atoms with E-state index in [0.717, 1.165) is 12.2 Å². The second kappa shape index (κ2) is 5.47. The summed E-state index contributed by atoms with van der Waals surface area (Å²) in [6.07, 6.45) is 5.42. The molecule has 0 heterocycles. The summed E-state index contributed by atoms with van der Waals surface area (Å²) in [6.45, 7) is 1.98. The molecule has 0 spiro atoms. The minimum absolute atomic E-state index is 0.162. The Morgan fingerprint density at radius 3 is 2.45 bits per heavy atom. The van der Waals surface area contributed by atoms with Crippen LogP contribution in [0.5, 0.6) is 0 Å². The van der Waals surface area contributed by atoms with Crippen LogP contribution >= 0.6 is 0 Å². The maximum Gasteiger partial charge on any atom is 0.222 e. The molecule has 0 aliphatic rings. The van der Waals surface area contributed by atoms with E-state index in [1.165, 1.54) is 0 Å². The van der Waals surface area contributed by atoms with Crippen molar-refractivity contribution < 1.29 is 4.79 Å². The fraction of sp³-hybridized carbons (Fsp3) is 0.875. The fourth-order valence-corrected chi connectivity index (χ4v) is 1.61. The van der Waals surface area contributed by atoms with E-state index in [0.29, 0.717) is 10.9 Å². The average Bonchev–Trinajstić information content (AvgIpc) is 1.98. The molecular weight excluding hydrogens is 158 g/mol. The maximum absolute atomic E-state index is 11.0. The Kier molecular flexibility index (Phi) is 5.38. The van der Waals surface area contributed by atoms with Gasteiger partial charge in [-0.15, -0.1) is 0 Å². The zero-order valence-corrected chi connectivity index (χ0v) is 8.62. The van der Waals surface area contributed by atoms with Gasteiger partial charge in [0.2, 0.25) is 5.91 Å². The maximum atomic E-state index is 11.0. The predicted molar refractivity (Wildman–Crippen MR) is 51.9 cm³/mol. The lowest BCUT2D eigenvalue weighted by Crippen LogP contribution is -2.26. The predicted octanol–water partition coefficient (Wildman–Crippen LogP) is 0.636. The third kappa shape index (κ3) is 5.13. The van der Waals surface area contributed by atoms with E-state index in [1.807, 2.05) is 6.92 Å². The van der Waals surface area contributed by atoms with Gasteiger partial charge in [0.25, 0.3) is 0 Å². The van der Waals surface area contributed by atoms with Gasteiger partial charge in [-0.2, -0.15) is 0 Å². The van der Waals surface area contributed by atoms with Crippen molar-refractivity contribution >= 4 is 16.8 Å². The molecule has 0 rings (SSSR count). The van der Waals surface area contributed by atoms with Crippen molar-refractivity contribution in [2.45, 2.75) is 13.3 Å². The van der Waals surface area contributed by atoms with Gasteiger partial charge in [-0.25, -0.2) is 0 Å². The van der Waals surface area contributed by atoms with E-state index < -0.39 is 0 Å². The Balaban J connectivity index is 3.52. The van der Waals surface area contributed by atoms with Crippen LogP contribution in [0, 0.1) is 5.92 Å². The van der Waals surface area contributed by atoms with Crippen molar-refractivity contribution in [1.29, 1.82) is 0 Å². The summed E-state index contributed by atoms with van der Waals surface area (Å²) in [4.78, 5) is 11.0. The molecule has 0 aromatic heterocycles. The van der Waals surface area contributed by atoms with Crippen LogP contribution in [0.4, 0.5) is 0 Å². The van der Waals surface area contributed by atoms with Gasteiger partial charge in [0, 0.05) is 19.4 Å². The van der Waals surface area contributed by atoms with Crippen LogP contribution in [0.1, 0.15) is 13.3 Å². The van der Waals surface area contributed by atoms with Gasteiger partial charge in [0.15, 0.2) is 0 Å². The number of amides is 1. The van der Waals surface area contributed by atoms with Gasteiger partial charge in [0.1, 0.15) is 5.75 Å². The first-order valence-electron chi connectivity index (χ1n) is 3.83. The van der Waals surface area contributed by atoms with Crippen molar-refractivity contribution in [2.24, 2.45) is 5.92 Å². The lowest BCUT2D eigenvalue weighted by molar-refractivity contribution is -0.124. The highest BCUT2D eigenvalue weighted by Crippen LogP contribution is 2.03. The summed E-state index contributed by atoms with van der Waals surface area (Å²) < 4.78 is 0. The molecule has 1 N–H and O–H groups in total. The van der Waals surface area contributed by atoms with E-state index in [1.54, 1.807) is 7.05 Å². The molecule has 1 amide bonds. The summed E-state index contributed by atoms with van der Waals surface area (Å²) in [5.41, 5.74) is 0. The SMILES string of the molecule is CNC(=O)[C@H](C)CC[S+](C)C. The Morgan fingerprint density at radius 2 is 2.09 bits per heavy atom. The van der Waals surface area contributed by atoms with Crippen molar-refractivity contribution in [3.8, 4) is 0 Å². The molecule has 2 nitrogen and oxygen atoms in total. The van der Waals surface area contributed by atoms with Gasteiger partial charge >= 0.3 is 0 Å². The molecular formula is C8H18NOS+. The van der Waals surface area contributed by atoms with Crippen molar-refractivity contribution in [3.63, 3.8) is 0 Å². The molecule has 0 radical (unpaired) electrons. The van der Waals surface area contributed by atoms with Crippen LogP contribution in [0.25, 0.3) is 0 Å². The van der Waals surface area contributed by atoms with Crippen LogP contribution in [0.3, 0.4) is 0 Å². The molecule has 1 atom stereocenters. The van der Waals surface area contributed by atoms with Gasteiger partial charge < -0.3 is 5.32 Å². The molecule has 66 valence electrons. The lowest BCUT2D eigenvalue weighted by atomic mass is 10.1. The Bertz CT molecular complexity index is 125. The largest absolute Gasteiger partial charge is 0.359 e. The smallest absolute Gasteiger partial charge is 0.222 e. The zero-order valence-electron chi connectivity index (χ0n) is 7.81. The summed E-state index contributed by atoms with van der Waals surface area (Å²) in [5, 5.41) is 2.65. The van der Waals surface area contributed by atoms with Gasteiger partial charge in [0.05, 0.1) is 12.5 Å². The highest BCUT2D eigenvalue weighted by atomic mass is 32.2. The summed E-state index contributed by atoms with van der Waals surface area (Å²) in [5.74, 6) is 1.50. The minimum Gasteiger partial charge on any atom is -0.359 e. The number of hydrogen-bond acceptors (Lipinski definition) is 1. The highest BCUT2D eigenvalue weighted by Gasteiger charge is 2.13. The van der Waals surface area contributed by atoms with Gasteiger partial charge in [-0.1, -0.05) is 6.92 Å². The second-order valence-electron chi connectivity index (χ2n) is 2.99. The molecule has 11 heavy (non-hydrogen) atoms. The van der Waals surface area contributed by atoms with Crippen LogP contribution in [-0.4, -0.2) is 31.2 Å². The monoisotopic (exact) mass is 176 g/mol. The standard InChI is InChI=1S/C8H17NOS/c1-7(8(10)9-2)5-6-11(3)4/h7H,5-6H2,1-4H3/p+1/t7-/m1/s1. The third-order valence-corrected chi connectivity index (χ3v) is 2.71. The van der Waals surface area contributed by atoms with Crippen molar-refractivity contribution in [3.05, 3.63) is 0 Å². The highest BCUT2D eigenvalue weighted by molar-refractivity contribution is 7.95. The third-order valence-electron chi connectivity index (χ3n) is 1.65. The quantitative estimate of drug-likeness (QED) is 0.626. The Morgan fingerprint density at radius 1 is 1.55 bits per heavy atom. The molecule has 0 aromatic carbocycles. The first kappa shape index (κ1) is 10.8. The Hall–Kier alpha value is -0.180.